The fourth-order valence-electron chi connectivity index (χ4n) is 1.75. The van der Waals surface area contributed by atoms with Crippen LogP contribution in [-0.4, -0.2) is 12.8 Å². The van der Waals surface area contributed by atoms with Gasteiger partial charge in [-0.2, -0.15) is 13.2 Å². The normalized spacial score (nSPS) is 17.6. The lowest BCUT2D eigenvalue weighted by atomic mass is 10.1. The van der Waals surface area contributed by atoms with E-state index in [1.807, 2.05) is 0 Å². The van der Waals surface area contributed by atoms with Crippen molar-refractivity contribution in [3.05, 3.63) is 29.6 Å². The quantitative estimate of drug-likeness (QED) is 0.847. The van der Waals surface area contributed by atoms with Crippen LogP contribution in [-0.2, 0) is 6.54 Å². The van der Waals surface area contributed by atoms with Crippen LogP contribution in [0.2, 0.25) is 0 Å². The standard InChI is InChI=1S/C12H13F4NO/c13-9-2-1-3-10(8(9)6-17)18-7-11(4-5-11)12(14,15)16/h1-3H,4-7,17H2. The maximum absolute atomic E-state index is 13.3. The molecule has 2 nitrogen and oxygen atoms in total. The summed E-state index contributed by atoms with van der Waals surface area (Å²) in [6.45, 7) is -0.589. The van der Waals surface area contributed by atoms with Crippen molar-refractivity contribution in [2.75, 3.05) is 6.61 Å². The van der Waals surface area contributed by atoms with Gasteiger partial charge in [-0.05, 0) is 25.0 Å². The van der Waals surface area contributed by atoms with Gasteiger partial charge in [0.15, 0.2) is 0 Å². The number of alkyl halides is 3. The fraction of sp³-hybridized carbons (Fsp3) is 0.500. The summed E-state index contributed by atoms with van der Waals surface area (Å²) in [5, 5.41) is 0. The molecule has 2 N–H and O–H groups in total. The van der Waals surface area contributed by atoms with Gasteiger partial charge in [0.2, 0.25) is 0 Å². The maximum Gasteiger partial charge on any atom is 0.397 e. The molecule has 0 heterocycles. The molecule has 1 aliphatic carbocycles. The van der Waals surface area contributed by atoms with E-state index >= 15 is 0 Å². The number of halogens is 4. The van der Waals surface area contributed by atoms with Crippen molar-refractivity contribution in [3.8, 4) is 5.75 Å². The molecular weight excluding hydrogens is 250 g/mol. The molecule has 2 rings (SSSR count). The summed E-state index contributed by atoms with van der Waals surface area (Å²) in [4.78, 5) is 0. The zero-order chi connectivity index (χ0) is 13.4. The highest BCUT2D eigenvalue weighted by Crippen LogP contribution is 2.57. The van der Waals surface area contributed by atoms with E-state index in [9.17, 15) is 17.6 Å². The predicted octanol–water partition coefficient (Wildman–Crippen LogP) is 3.01. The van der Waals surface area contributed by atoms with Crippen molar-refractivity contribution >= 4 is 0 Å². The Labute approximate surface area is 102 Å². The largest absolute Gasteiger partial charge is 0.492 e. The van der Waals surface area contributed by atoms with Crippen LogP contribution in [0.3, 0.4) is 0 Å². The van der Waals surface area contributed by atoms with Crippen molar-refractivity contribution in [1.29, 1.82) is 0 Å². The number of nitrogens with two attached hydrogens (primary N) is 1. The zero-order valence-electron chi connectivity index (χ0n) is 9.56. The summed E-state index contributed by atoms with van der Waals surface area (Å²) in [5.41, 5.74) is 3.70. The lowest BCUT2D eigenvalue weighted by Gasteiger charge is -2.20. The highest BCUT2D eigenvalue weighted by molar-refractivity contribution is 5.34. The Kier molecular flexibility index (Phi) is 3.23. The monoisotopic (exact) mass is 263 g/mol. The minimum absolute atomic E-state index is 0.0593. The van der Waals surface area contributed by atoms with Gasteiger partial charge in [0.1, 0.15) is 23.6 Å². The van der Waals surface area contributed by atoms with E-state index in [0.29, 0.717) is 0 Å². The van der Waals surface area contributed by atoms with Crippen LogP contribution in [0.5, 0.6) is 5.75 Å². The van der Waals surface area contributed by atoms with Gasteiger partial charge in [-0.25, -0.2) is 4.39 Å². The van der Waals surface area contributed by atoms with Crippen molar-refractivity contribution in [1.82, 2.24) is 0 Å². The molecule has 1 aromatic rings. The molecule has 6 heteroatoms. The molecule has 1 aromatic carbocycles. The van der Waals surface area contributed by atoms with Gasteiger partial charge in [0.05, 0.1) is 0 Å². The summed E-state index contributed by atoms with van der Waals surface area (Å²) < 4.78 is 56.5. The molecule has 0 atom stereocenters. The van der Waals surface area contributed by atoms with Crippen LogP contribution in [0.25, 0.3) is 0 Å². The van der Waals surface area contributed by atoms with E-state index in [2.05, 4.69) is 0 Å². The first-order valence-electron chi connectivity index (χ1n) is 5.57. The van der Waals surface area contributed by atoms with E-state index in [1.165, 1.54) is 18.2 Å². The smallest absolute Gasteiger partial charge is 0.397 e. The third-order valence-electron chi connectivity index (χ3n) is 3.24. The Bertz CT molecular complexity index is 440. The Balaban J connectivity index is 2.10. The SMILES string of the molecule is NCc1c(F)cccc1OCC1(C(F)(F)F)CC1. The molecule has 0 radical (unpaired) electrons. The van der Waals surface area contributed by atoms with Gasteiger partial charge in [0, 0.05) is 12.1 Å². The van der Waals surface area contributed by atoms with Crippen LogP contribution >= 0.6 is 0 Å². The first kappa shape index (κ1) is 13.1. The molecule has 0 saturated heterocycles. The summed E-state index contributed by atoms with van der Waals surface area (Å²) in [7, 11) is 0. The summed E-state index contributed by atoms with van der Waals surface area (Å²) >= 11 is 0. The van der Waals surface area contributed by atoms with Gasteiger partial charge in [-0.3, -0.25) is 0 Å². The van der Waals surface area contributed by atoms with Crippen LogP contribution in [0.4, 0.5) is 17.6 Å². The molecule has 0 aliphatic heterocycles. The first-order valence-corrected chi connectivity index (χ1v) is 5.57. The van der Waals surface area contributed by atoms with Crippen LogP contribution in [0.1, 0.15) is 18.4 Å². The molecule has 1 fully saturated rings. The molecule has 100 valence electrons. The average Bonchev–Trinajstić information content (AvgIpc) is 3.06. The third kappa shape index (κ3) is 2.29. The number of rotatable bonds is 4. The Morgan fingerprint density at radius 2 is 1.94 bits per heavy atom. The van der Waals surface area contributed by atoms with Gasteiger partial charge in [0.25, 0.3) is 0 Å². The van der Waals surface area contributed by atoms with Crippen molar-refractivity contribution in [3.63, 3.8) is 0 Å². The van der Waals surface area contributed by atoms with Crippen molar-refractivity contribution in [2.24, 2.45) is 11.1 Å². The van der Waals surface area contributed by atoms with Crippen molar-refractivity contribution < 1.29 is 22.3 Å². The van der Waals surface area contributed by atoms with Gasteiger partial charge in [-0.15, -0.1) is 0 Å². The Morgan fingerprint density at radius 3 is 2.44 bits per heavy atom. The molecule has 0 amide bonds. The summed E-state index contributed by atoms with van der Waals surface area (Å²) in [5.74, 6) is -0.472. The molecule has 18 heavy (non-hydrogen) atoms. The second kappa shape index (κ2) is 4.42. The van der Waals surface area contributed by atoms with E-state index in [-0.39, 0.29) is 30.7 Å². The minimum Gasteiger partial charge on any atom is -0.492 e. The molecule has 1 aliphatic rings. The number of hydrogen-bond donors (Lipinski definition) is 1. The van der Waals surface area contributed by atoms with Crippen molar-refractivity contribution in [2.45, 2.75) is 25.6 Å². The zero-order valence-corrected chi connectivity index (χ0v) is 9.56. The van der Waals surface area contributed by atoms with Gasteiger partial charge in [-0.1, -0.05) is 6.07 Å². The van der Waals surface area contributed by atoms with Gasteiger partial charge < -0.3 is 10.5 Å². The van der Waals surface area contributed by atoms with E-state index in [1.54, 1.807) is 0 Å². The number of ether oxygens (including phenoxy) is 1. The topological polar surface area (TPSA) is 35.2 Å². The minimum atomic E-state index is -4.27. The Hall–Kier alpha value is -1.30. The second-order valence-electron chi connectivity index (χ2n) is 4.49. The van der Waals surface area contributed by atoms with E-state index in [0.717, 1.165) is 0 Å². The number of benzene rings is 1. The summed E-state index contributed by atoms with van der Waals surface area (Å²) in [6, 6.07) is 4.01. The average molecular weight is 263 g/mol. The van der Waals surface area contributed by atoms with Crippen LogP contribution in [0.15, 0.2) is 18.2 Å². The first-order chi connectivity index (χ1) is 8.39. The maximum atomic E-state index is 13.3. The Morgan fingerprint density at radius 1 is 1.28 bits per heavy atom. The summed E-state index contributed by atoms with van der Waals surface area (Å²) in [6.07, 6.45) is -4.16. The number of hydrogen-bond acceptors (Lipinski definition) is 2. The highest BCUT2D eigenvalue weighted by atomic mass is 19.4. The van der Waals surface area contributed by atoms with Crippen LogP contribution in [0, 0.1) is 11.2 Å². The second-order valence-corrected chi connectivity index (χ2v) is 4.49. The predicted molar refractivity (Wildman–Crippen MR) is 57.5 cm³/mol. The molecule has 0 spiro atoms. The molecular formula is C12H13F4NO. The third-order valence-corrected chi connectivity index (χ3v) is 3.24. The molecule has 1 saturated carbocycles. The van der Waals surface area contributed by atoms with Gasteiger partial charge >= 0.3 is 6.18 Å². The fourth-order valence-corrected chi connectivity index (χ4v) is 1.75. The molecule has 0 aromatic heterocycles. The van der Waals surface area contributed by atoms with E-state index in [4.69, 9.17) is 10.5 Å². The van der Waals surface area contributed by atoms with Crippen LogP contribution < -0.4 is 10.5 Å². The lowest BCUT2D eigenvalue weighted by Crippen LogP contribution is -2.30. The van der Waals surface area contributed by atoms with E-state index < -0.39 is 24.0 Å². The molecule has 0 bridgehead atoms. The lowest BCUT2D eigenvalue weighted by molar-refractivity contribution is -0.194. The molecule has 0 unspecified atom stereocenters. The highest BCUT2D eigenvalue weighted by Gasteiger charge is 2.63.